The van der Waals surface area contributed by atoms with Gasteiger partial charge in [0.25, 0.3) is 0 Å². The second-order valence-electron chi connectivity index (χ2n) is 5.46. The van der Waals surface area contributed by atoms with E-state index in [4.69, 9.17) is 5.11 Å². The molecular weight excluding hydrogens is 262 g/mol. The quantitative estimate of drug-likeness (QED) is 0.759. The van der Waals surface area contributed by atoms with Crippen LogP contribution in [0.1, 0.15) is 16.7 Å². The fraction of sp³-hybridized carbons (Fsp3) is 0.167. The van der Waals surface area contributed by atoms with Gasteiger partial charge in [0.2, 0.25) is 0 Å². The number of aromatic amines is 1. The van der Waals surface area contributed by atoms with E-state index in [-0.39, 0.29) is 6.42 Å². The van der Waals surface area contributed by atoms with Crippen molar-refractivity contribution in [2.45, 2.75) is 20.3 Å². The average molecular weight is 279 g/mol. The first kappa shape index (κ1) is 13.4. The number of aromatic nitrogens is 1. The van der Waals surface area contributed by atoms with Crippen molar-refractivity contribution in [1.82, 2.24) is 4.98 Å². The summed E-state index contributed by atoms with van der Waals surface area (Å²) < 4.78 is 0. The number of carboxylic acid groups (broad SMARTS) is 1. The highest BCUT2D eigenvalue weighted by molar-refractivity contribution is 5.90. The molecular formula is C18H17NO2. The summed E-state index contributed by atoms with van der Waals surface area (Å²) >= 11 is 0. The Labute approximate surface area is 123 Å². The average Bonchev–Trinajstić information content (AvgIpc) is 2.83. The number of aryl methyl sites for hydroxylation is 2. The van der Waals surface area contributed by atoms with Crippen LogP contribution in [0.5, 0.6) is 0 Å². The smallest absolute Gasteiger partial charge is 0.307 e. The normalized spacial score (nSPS) is 11.0. The molecule has 0 bridgehead atoms. The van der Waals surface area contributed by atoms with Crippen LogP contribution in [-0.4, -0.2) is 16.1 Å². The van der Waals surface area contributed by atoms with E-state index in [9.17, 15) is 4.79 Å². The zero-order chi connectivity index (χ0) is 15.0. The third-order valence-electron chi connectivity index (χ3n) is 3.81. The van der Waals surface area contributed by atoms with Crippen LogP contribution < -0.4 is 0 Å². The molecule has 0 saturated heterocycles. The highest BCUT2D eigenvalue weighted by Crippen LogP contribution is 2.29. The van der Waals surface area contributed by atoms with Gasteiger partial charge in [0.15, 0.2) is 0 Å². The van der Waals surface area contributed by atoms with Crippen molar-refractivity contribution in [1.29, 1.82) is 0 Å². The van der Waals surface area contributed by atoms with Crippen molar-refractivity contribution in [2.75, 3.05) is 0 Å². The molecule has 0 aliphatic carbocycles. The predicted octanol–water partition coefficient (Wildman–Crippen LogP) is 4.08. The highest BCUT2D eigenvalue weighted by atomic mass is 16.4. The van der Waals surface area contributed by atoms with Crippen LogP contribution in [0.3, 0.4) is 0 Å². The molecule has 3 aromatic rings. The molecule has 0 atom stereocenters. The molecule has 0 aliphatic rings. The van der Waals surface area contributed by atoms with Gasteiger partial charge in [-0.05, 0) is 48.2 Å². The SMILES string of the molecule is Cc1ccc(C)c(-c2ccc3[nH]cc(CC(=O)O)c3c2)c1. The molecule has 3 rings (SSSR count). The Morgan fingerprint density at radius 1 is 1.14 bits per heavy atom. The lowest BCUT2D eigenvalue weighted by atomic mass is 9.96. The summed E-state index contributed by atoms with van der Waals surface area (Å²) in [4.78, 5) is 14.1. The topological polar surface area (TPSA) is 53.1 Å². The standard InChI is InChI=1S/C18H17NO2/c1-11-3-4-12(2)15(7-11)13-5-6-17-16(8-13)14(10-19-17)9-18(20)21/h3-8,10,19H,9H2,1-2H3,(H,20,21). The van der Waals surface area contributed by atoms with Crippen molar-refractivity contribution in [2.24, 2.45) is 0 Å². The monoisotopic (exact) mass is 279 g/mol. The molecule has 0 aliphatic heterocycles. The predicted molar refractivity (Wildman–Crippen MR) is 84.5 cm³/mol. The van der Waals surface area contributed by atoms with E-state index in [0.717, 1.165) is 22.0 Å². The third-order valence-corrected chi connectivity index (χ3v) is 3.81. The molecule has 1 heterocycles. The van der Waals surface area contributed by atoms with Gasteiger partial charge in [0, 0.05) is 17.1 Å². The Balaban J connectivity index is 2.15. The Morgan fingerprint density at radius 2 is 1.95 bits per heavy atom. The number of carbonyl (C=O) groups is 1. The molecule has 0 spiro atoms. The van der Waals surface area contributed by atoms with Crippen molar-refractivity contribution >= 4 is 16.9 Å². The van der Waals surface area contributed by atoms with Gasteiger partial charge in [-0.15, -0.1) is 0 Å². The molecule has 2 N–H and O–H groups in total. The molecule has 0 unspecified atom stereocenters. The van der Waals surface area contributed by atoms with E-state index in [1.807, 2.05) is 6.07 Å². The Kier molecular flexibility index (Phi) is 3.26. The van der Waals surface area contributed by atoms with Gasteiger partial charge >= 0.3 is 5.97 Å². The first-order chi connectivity index (χ1) is 10.0. The van der Waals surface area contributed by atoms with Gasteiger partial charge in [-0.1, -0.05) is 29.8 Å². The van der Waals surface area contributed by atoms with Crippen molar-refractivity contribution in [3.05, 3.63) is 59.3 Å². The molecule has 0 radical (unpaired) electrons. The van der Waals surface area contributed by atoms with Crippen LogP contribution in [-0.2, 0) is 11.2 Å². The zero-order valence-electron chi connectivity index (χ0n) is 12.1. The van der Waals surface area contributed by atoms with Crippen molar-refractivity contribution < 1.29 is 9.90 Å². The molecule has 2 aromatic carbocycles. The van der Waals surface area contributed by atoms with E-state index in [0.29, 0.717) is 0 Å². The summed E-state index contributed by atoms with van der Waals surface area (Å²) in [5, 5.41) is 9.98. The van der Waals surface area contributed by atoms with Gasteiger partial charge in [-0.25, -0.2) is 0 Å². The number of carboxylic acids is 1. The van der Waals surface area contributed by atoms with Crippen LogP contribution in [0.2, 0.25) is 0 Å². The second kappa shape index (κ2) is 5.09. The van der Waals surface area contributed by atoms with E-state index >= 15 is 0 Å². The zero-order valence-corrected chi connectivity index (χ0v) is 12.1. The fourth-order valence-corrected chi connectivity index (χ4v) is 2.70. The van der Waals surface area contributed by atoms with E-state index in [1.165, 1.54) is 16.7 Å². The van der Waals surface area contributed by atoms with E-state index < -0.39 is 5.97 Å². The first-order valence-electron chi connectivity index (χ1n) is 6.94. The molecule has 21 heavy (non-hydrogen) atoms. The Bertz CT molecular complexity index is 830. The lowest BCUT2D eigenvalue weighted by Crippen LogP contribution is -1.98. The third kappa shape index (κ3) is 2.55. The van der Waals surface area contributed by atoms with Gasteiger partial charge in [-0.3, -0.25) is 4.79 Å². The van der Waals surface area contributed by atoms with E-state index in [1.54, 1.807) is 6.20 Å². The molecule has 0 saturated carbocycles. The first-order valence-corrected chi connectivity index (χ1v) is 6.94. The van der Waals surface area contributed by atoms with Crippen LogP contribution >= 0.6 is 0 Å². The number of H-pyrrole nitrogens is 1. The fourth-order valence-electron chi connectivity index (χ4n) is 2.70. The van der Waals surface area contributed by atoms with Crippen molar-refractivity contribution in [3.8, 4) is 11.1 Å². The van der Waals surface area contributed by atoms with Gasteiger partial charge in [0.1, 0.15) is 0 Å². The minimum Gasteiger partial charge on any atom is -0.481 e. The van der Waals surface area contributed by atoms with Crippen LogP contribution in [0, 0.1) is 13.8 Å². The van der Waals surface area contributed by atoms with Crippen LogP contribution in [0.15, 0.2) is 42.6 Å². The lowest BCUT2D eigenvalue weighted by molar-refractivity contribution is -0.136. The number of nitrogens with one attached hydrogen (secondary N) is 1. The number of rotatable bonds is 3. The molecule has 3 nitrogen and oxygen atoms in total. The van der Waals surface area contributed by atoms with E-state index in [2.05, 4.69) is 49.2 Å². The lowest BCUT2D eigenvalue weighted by Gasteiger charge is -2.08. The van der Waals surface area contributed by atoms with Gasteiger partial charge < -0.3 is 10.1 Å². The largest absolute Gasteiger partial charge is 0.481 e. The van der Waals surface area contributed by atoms with Gasteiger partial charge in [0.05, 0.1) is 6.42 Å². The molecule has 106 valence electrons. The molecule has 3 heteroatoms. The number of benzene rings is 2. The minimum atomic E-state index is -0.812. The number of hydrogen-bond donors (Lipinski definition) is 2. The molecule has 1 aromatic heterocycles. The Morgan fingerprint density at radius 3 is 2.71 bits per heavy atom. The summed E-state index contributed by atoms with van der Waals surface area (Å²) in [6.07, 6.45) is 1.82. The van der Waals surface area contributed by atoms with Crippen LogP contribution in [0.25, 0.3) is 22.0 Å². The maximum Gasteiger partial charge on any atom is 0.307 e. The molecule has 0 amide bonds. The van der Waals surface area contributed by atoms with Crippen LogP contribution in [0.4, 0.5) is 0 Å². The maximum atomic E-state index is 11.0. The maximum absolute atomic E-state index is 11.0. The summed E-state index contributed by atoms with van der Waals surface area (Å²) in [5.74, 6) is -0.812. The number of fused-ring (bicyclic) bond motifs is 1. The summed E-state index contributed by atoms with van der Waals surface area (Å²) in [5.41, 5.74) is 6.55. The molecule has 0 fully saturated rings. The number of aliphatic carboxylic acids is 1. The summed E-state index contributed by atoms with van der Waals surface area (Å²) in [6, 6.07) is 12.5. The summed E-state index contributed by atoms with van der Waals surface area (Å²) in [6.45, 7) is 4.17. The second-order valence-corrected chi connectivity index (χ2v) is 5.46. The number of hydrogen-bond acceptors (Lipinski definition) is 1. The minimum absolute atomic E-state index is 0.0379. The Hall–Kier alpha value is -2.55. The highest BCUT2D eigenvalue weighted by Gasteiger charge is 2.10. The van der Waals surface area contributed by atoms with Gasteiger partial charge in [-0.2, -0.15) is 0 Å². The van der Waals surface area contributed by atoms with Crippen molar-refractivity contribution in [3.63, 3.8) is 0 Å². The summed E-state index contributed by atoms with van der Waals surface area (Å²) in [7, 11) is 0.